The fourth-order valence-electron chi connectivity index (χ4n) is 3.33. The van der Waals surface area contributed by atoms with Crippen LogP contribution in [0.4, 0.5) is 4.39 Å². The van der Waals surface area contributed by atoms with Gasteiger partial charge in [0.15, 0.2) is 16.3 Å². The van der Waals surface area contributed by atoms with Crippen molar-refractivity contribution in [3.05, 3.63) is 52.8 Å². The van der Waals surface area contributed by atoms with Gasteiger partial charge < -0.3 is 9.30 Å². The SMILES string of the molecule is C=CCn1c(C)nn(CN2CCN(Cc3ccc(OC)c(F)c3)CC2)c1=S. The minimum Gasteiger partial charge on any atom is -0.494 e. The summed E-state index contributed by atoms with van der Waals surface area (Å²) in [5, 5.41) is 4.55. The second-order valence-electron chi connectivity index (χ2n) is 6.73. The van der Waals surface area contributed by atoms with E-state index in [-0.39, 0.29) is 11.6 Å². The largest absolute Gasteiger partial charge is 0.494 e. The summed E-state index contributed by atoms with van der Waals surface area (Å²) in [7, 11) is 1.48. The van der Waals surface area contributed by atoms with Gasteiger partial charge in [0.25, 0.3) is 0 Å². The van der Waals surface area contributed by atoms with Gasteiger partial charge >= 0.3 is 0 Å². The van der Waals surface area contributed by atoms with Crippen LogP contribution in [0.25, 0.3) is 0 Å². The lowest BCUT2D eigenvalue weighted by Gasteiger charge is -2.34. The fraction of sp³-hybridized carbons (Fsp3) is 0.474. The molecule has 1 aromatic heterocycles. The second kappa shape index (κ2) is 8.77. The Bertz CT molecular complexity index is 854. The number of nitrogens with zero attached hydrogens (tertiary/aromatic N) is 5. The van der Waals surface area contributed by atoms with Gasteiger partial charge in [-0.3, -0.25) is 9.80 Å². The van der Waals surface area contributed by atoms with Crippen LogP contribution in [0.2, 0.25) is 0 Å². The molecule has 146 valence electrons. The predicted molar refractivity (Wildman–Crippen MR) is 106 cm³/mol. The Hall–Kier alpha value is -2.03. The number of hydrogen-bond donors (Lipinski definition) is 0. The number of hydrogen-bond acceptors (Lipinski definition) is 5. The summed E-state index contributed by atoms with van der Waals surface area (Å²) in [6.07, 6.45) is 1.83. The van der Waals surface area contributed by atoms with Gasteiger partial charge in [-0.25, -0.2) is 9.07 Å². The smallest absolute Gasteiger partial charge is 0.199 e. The molecule has 1 aliphatic heterocycles. The third-order valence-electron chi connectivity index (χ3n) is 4.84. The van der Waals surface area contributed by atoms with E-state index in [0.717, 1.165) is 48.9 Å². The van der Waals surface area contributed by atoms with E-state index < -0.39 is 0 Å². The van der Waals surface area contributed by atoms with E-state index in [9.17, 15) is 4.39 Å². The highest BCUT2D eigenvalue weighted by molar-refractivity contribution is 7.71. The van der Waals surface area contributed by atoms with E-state index >= 15 is 0 Å². The molecule has 1 saturated heterocycles. The number of piperazine rings is 1. The number of aromatic nitrogens is 3. The Labute approximate surface area is 164 Å². The van der Waals surface area contributed by atoms with Crippen molar-refractivity contribution < 1.29 is 9.13 Å². The van der Waals surface area contributed by atoms with Crippen LogP contribution in [-0.4, -0.2) is 57.4 Å². The van der Waals surface area contributed by atoms with E-state index in [1.165, 1.54) is 7.11 Å². The summed E-state index contributed by atoms with van der Waals surface area (Å²) >= 11 is 5.52. The lowest BCUT2D eigenvalue weighted by atomic mass is 10.2. The minimum absolute atomic E-state index is 0.284. The summed E-state index contributed by atoms with van der Waals surface area (Å²) in [4.78, 5) is 4.67. The van der Waals surface area contributed by atoms with Crippen molar-refractivity contribution in [2.24, 2.45) is 0 Å². The molecule has 0 saturated carbocycles. The predicted octanol–water partition coefficient (Wildman–Crippen LogP) is 2.83. The molecular weight excluding hydrogens is 365 g/mol. The molecule has 8 heteroatoms. The molecule has 0 aliphatic carbocycles. The Morgan fingerprint density at radius 1 is 1.26 bits per heavy atom. The summed E-state index contributed by atoms with van der Waals surface area (Å²) in [5.74, 6) is 0.875. The van der Waals surface area contributed by atoms with Crippen LogP contribution < -0.4 is 4.74 Å². The molecule has 0 amide bonds. The van der Waals surface area contributed by atoms with Gasteiger partial charge in [-0.1, -0.05) is 12.1 Å². The Kier molecular flexibility index (Phi) is 6.41. The zero-order valence-electron chi connectivity index (χ0n) is 15.9. The van der Waals surface area contributed by atoms with Gasteiger partial charge in [-0.05, 0) is 36.8 Å². The summed E-state index contributed by atoms with van der Waals surface area (Å²) in [5.41, 5.74) is 0.961. The van der Waals surface area contributed by atoms with Crippen LogP contribution >= 0.6 is 12.2 Å². The van der Waals surface area contributed by atoms with E-state index in [0.29, 0.717) is 13.2 Å². The fourth-order valence-corrected chi connectivity index (χ4v) is 3.63. The van der Waals surface area contributed by atoms with Crippen LogP contribution in [0.15, 0.2) is 30.9 Å². The average Bonchev–Trinajstić information content (AvgIpc) is 2.91. The molecule has 2 aromatic rings. The van der Waals surface area contributed by atoms with Crippen molar-refractivity contribution in [1.82, 2.24) is 24.1 Å². The maximum absolute atomic E-state index is 13.9. The number of ether oxygens (including phenoxy) is 1. The number of aryl methyl sites for hydroxylation is 1. The molecule has 1 fully saturated rings. The third-order valence-corrected chi connectivity index (χ3v) is 5.27. The van der Waals surface area contributed by atoms with E-state index in [2.05, 4.69) is 21.5 Å². The molecular formula is C19H26FN5OS. The number of benzene rings is 1. The molecule has 27 heavy (non-hydrogen) atoms. The first-order valence-corrected chi connectivity index (χ1v) is 9.45. The molecule has 0 atom stereocenters. The zero-order chi connectivity index (χ0) is 19.4. The van der Waals surface area contributed by atoms with Crippen LogP contribution in [-0.2, 0) is 19.8 Å². The molecule has 0 unspecified atom stereocenters. The first-order chi connectivity index (χ1) is 13.0. The van der Waals surface area contributed by atoms with Crippen molar-refractivity contribution in [3.63, 3.8) is 0 Å². The molecule has 6 nitrogen and oxygen atoms in total. The molecule has 2 heterocycles. The molecule has 0 bridgehead atoms. The summed E-state index contributed by atoms with van der Waals surface area (Å²) in [6, 6.07) is 5.16. The molecule has 1 aromatic carbocycles. The lowest BCUT2D eigenvalue weighted by molar-refractivity contribution is 0.0979. The molecule has 1 aliphatic rings. The van der Waals surface area contributed by atoms with Crippen molar-refractivity contribution >= 4 is 12.2 Å². The standard InChI is InChI=1S/C19H26FN5OS/c1-4-7-24-15(2)21-25(19(24)27)14-23-10-8-22(9-11-23)13-16-5-6-18(26-3)17(20)12-16/h4-6,12H,1,7-11,13-14H2,2-3H3. The number of allylic oxidation sites excluding steroid dienone is 1. The van der Waals surface area contributed by atoms with Crippen LogP contribution in [0, 0.1) is 17.5 Å². The minimum atomic E-state index is -0.312. The molecule has 0 radical (unpaired) electrons. The van der Waals surface area contributed by atoms with Gasteiger partial charge in [0.1, 0.15) is 5.82 Å². The molecule has 0 spiro atoms. The van der Waals surface area contributed by atoms with E-state index in [4.69, 9.17) is 17.0 Å². The van der Waals surface area contributed by atoms with Gasteiger partial charge in [0.05, 0.1) is 13.8 Å². The van der Waals surface area contributed by atoms with Crippen molar-refractivity contribution in [3.8, 4) is 5.75 Å². The van der Waals surface area contributed by atoms with Gasteiger partial charge in [0.2, 0.25) is 0 Å². The van der Waals surface area contributed by atoms with E-state index in [1.807, 2.05) is 28.3 Å². The Morgan fingerprint density at radius 2 is 1.96 bits per heavy atom. The van der Waals surface area contributed by atoms with Gasteiger partial charge in [-0.15, -0.1) is 6.58 Å². The maximum Gasteiger partial charge on any atom is 0.199 e. The highest BCUT2D eigenvalue weighted by Gasteiger charge is 2.19. The Balaban J connectivity index is 1.55. The van der Waals surface area contributed by atoms with Gasteiger partial charge in [-0.2, -0.15) is 5.10 Å². The summed E-state index contributed by atoms with van der Waals surface area (Å²) < 4.78 is 23.4. The van der Waals surface area contributed by atoms with Crippen LogP contribution in [0.1, 0.15) is 11.4 Å². The normalized spacial score (nSPS) is 15.8. The summed E-state index contributed by atoms with van der Waals surface area (Å²) in [6.45, 7) is 11.5. The average molecular weight is 392 g/mol. The monoisotopic (exact) mass is 391 g/mol. The number of halogens is 1. The highest BCUT2D eigenvalue weighted by Crippen LogP contribution is 2.19. The van der Waals surface area contributed by atoms with Crippen LogP contribution in [0.5, 0.6) is 5.75 Å². The molecule has 0 N–H and O–H groups in total. The quantitative estimate of drug-likeness (QED) is 0.536. The first-order valence-electron chi connectivity index (χ1n) is 9.04. The second-order valence-corrected chi connectivity index (χ2v) is 7.10. The zero-order valence-corrected chi connectivity index (χ0v) is 16.7. The number of rotatable bonds is 7. The first kappa shape index (κ1) is 19.7. The van der Waals surface area contributed by atoms with Crippen molar-refractivity contribution in [2.75, 3.05) is 33.3 Å². The van der Waals surface area contributed by atoms with Crippen molar-refractivity contribution in [2.45, 2.75) is 26.7 Å². The van der Waals surface area contributed by atoms with Gasteiger partial charge in [0, 0.05) is 39.3 Å². The third kappa shape index (κ3) is 4.63. The topological polar surface area (TPSA) is 38.5 Å². The Morgan fingerprint density at radius 3 is 2.59 bits per heavy atom. The van der Waals surface area contributed by atoms with Crippen LogP contribution in [0.3, 0.4) is 0 Å². The van der Waals surface area contributed by atoms with Crippen molar-refractivity contribution in [1.29, 1.82) is 0 Å². The lowest BCUT2D eigenvalue weighted by Crippen LogP contribution is -2.46. The maximum atomic E-state index is 13.9. The number of methoxy groups -OCH3 is 1. The molecule has 3 rings (SSSR count). The van der Waals surface area contributed by atoms with E-state index in [1.54, 1.807) is 12.1 Å². The highest BCUT2D eigenvalue weighted by atomic mass is 32.1.